The van der Waals surface area contributed by atoms with Gasteiger partial charge in [-0.3, -0.25) is 9.78 Å². The van der Waals surface area contributed by atoms with E-state index in [-0.39, 0.29) is 28.0 Å². The fourth-order valence-electron chi connectivity index (χ4n) is 2.31. The van der Waals surface area contributed by atoms with E-state index >= 15 is 0 Å². The lowest BCUT2D eigenvalue weighted by Crippen LogP contribution is -2.18. The van der Waals surface area contributed by atoms with E-state index in [4.69, 9.17) is 11.5 Å². The molecule has 0 spiro atoms. The maximum atomic E-state index is 13.3. The molecular formula is C14H9F3N6O. The molecule has 0 bridgehead atoms. The Morgan fingerprint density at radius 2 is 1.96 bits per heavy atom. The van der Waals surface area contributed by atoms with Gasteiger partial charge in [-0.25, -0.2) is 15.0 Å². The van der Waals surface area contributed by atoms with Crippen molar-refractivity contribution in [3.8, 4) is 11.1 Å². The lowest BCUT2D eigenvalue weighted by atomic mass is 10.00. The number of fused-ring (bicyclic) bond motifs is 1. The molecule has 3 aromatic heterocycles. The summed E-state index contributed by atoms with van der Waals surface area (Å²) in [5, 5.41) is 0. The molecule has 0 aliphatic carbocycles. The van der Waals surface area contributed by atoms with E-state index < -0.39 is 23.3 Å². The number of halogens is 3. The van der Waals surface area contributed by atoms with Crippen molar-refractivity contribution in [1.29, 1.82) is 0 Å². The molecule has 24 heavy (non-hydrogen) atoms. The number of pyridine rings is 2. The van der Waals surface area contributed by atoms with Crippen LogP contribution >= 0.6 is 0 Å². The zero-order valence-corrected chi connectivity index (χ0v) is 11.9. The number of primary amides is 1. The average molecular weight is 334 g/mol. The van der Waals surface area contributed by atoms with Gasteiger partial charge in [-0.1, -0.05) is 0 Å². The highest BCUT2D eigenvalue weighted by Crippen LogP contribution is 2.40. The predicted molar refractivity (Wildman–Crippen MR) is 78.5 cm³/mol. The highest BCUT2D eigenvalue weighted by molar-refractivity contribution is 6.07. The van der Waals surface area contributed by atoms with Crippen LogP contribution in [-0.2, 0) is 6.18 Å². The molecule has 3 heterocycles. The highest BCUT2D eigenvalue weighted by Gasteiger charge is 2.37. The van der Waals surface area contributed by atoms with Gasteiger partial charge in [0.25, 0.3) is 5.91 Å². The normalized spacial score (nSPS) is 11.6. The summed E-state index contributed by atoms with van der Waals surface area (Å²) in [6.07, 6.45) is -1.65. The van der Waals surface area contributed by atoms with Crippen LogP contribution in [0.5, 0.6) is 0 Å². The second kappa shape index (κ2) is 5.41. The molecule has 0 unspecified atom stereocenters. The largest absolute Gasteiger partial charge is 0.434 e. The molecule has 4 N–H and O–H groups in total. The summed E-state index contributed by atoms with van der Waals surface area (Å²) in [5.41, 5.74) is 8.95. The van der Waals surface area contributed by atoms with Gasteiger partial charge in [0.1, 0.15) is 6.33 Å². The zero-order chi connectivity index (χ0) is 17.5. The number of alkyl halides is 3. The number of nitrogens with zero attached hydrogens (tertiary/aromatic N) is 4. The molecule has 0 aliphatic heterocycles. The number of aromatic nitrogens is 4. The van der Waals surface area contributed by atoms with Gasteiger partial charge < -0.3 is 11.5 Å². The molecule has 122 valence electrons. The molecular weight excluding hydrogens is 325 g/mol. The van der Waals surface area contributed by atoms with E-state index in [9.17, 15) is 18.0 Å². The van der Waals surface area contributed by atoms with Crippen LogP contribution in [0.15, 0.2) is 30.9 Å². The number of carbonyl (C=O) groups is 1. The Bertz CT molecular complexity index is 957. The number of nitrogens with two attached hydrogens (primary N) is 2. The van der Waals surface area contributed by atoms with Crippen LogP contribution in [0.3, 0.4) is 0 Å². The molecule has 0 aromatic carbocycles. The number of carbonyl (C=O) groups excluding carboxylic acids is 1. The van der Waals surface area contributed by atoms with Gasteiger partial charge in [-0.2, -0.15) is 13.2 Å². The maximum absolute atomic E-state index is 13.3. The Balaban J connectivity index is 2.47. The van der Waals surface area contributed by atoms with Crippen molar-refractivity contribution < 1.29 is 18.0 Å². The fraction of sp³-hybridized carbons (Fsp3) is 0.0714. The standard InChI is InChI=1S/C14H9F3N6O/c15-14(16,17)12-6(4-20-5-22-12)8-9(18)11(13(19)24)23-7-2-1-3-21-10(7)8/h1-5H,18H2,(H2,19,24). The Hall–Kier alpha value is -3.30. The summed E-state index contributed by atoms with van der Waals surface area (Å²) in [7, 11) is 0. The van der Waals surface area contributed by atoms with Gasteiger partial charge in [-0.15, -0.1) is 0 Å². The van der Waals surface area contributed by atoms with Gasteiger partial charge in [0, 0.05) is 23.5 Å². The maximum Gasteiger partial charge on any atom is 0.434 e. The van der Waals surface area contributed by atoms with Crippen LogP contribution in [0, 0.1) is 0 Å². The molecule has 0 fully saturated rings. The molecule has 1 amide bonds. The first kappa shape index (κ1) is 15.6. The summed E-state index contributed by atoms with van der Waals surface area (Å²) in [6.45, 7) is 0. The first-order valence-corrected chi connectivity index (χ1v) is 6.52. The van der Waals surface area contributed by atoms with E-state index in [1.807, 2.05) is 0 Å². The zero-order valence-electron chi connectivity index (χ0n) is 11.9. The van der Waals surface area contributed by atoms with Crippen molar-refractivity contribution in [2.75, 3.05) is 5.73 Å². The Labute approximate surface area is 132 Å². The second-order valence-electron chi connectivity index (χ2n) is 4.77. The first-order valence-electron chi connectivity index (χ1n) is 6.52. The molecule has 0 aliphatic rings. The third kappa shape index (κ3) is 2.47. The average Bonchev–Trinajstić information content (AvgIpc) is 2.53. The van der Waals surface area contributed by atoms with Crippen molar-refractivity contribution in [3.63, 3.8) is 0 Å². The van der Waals surface area contributed by atoms with Gasteiger partial charge in [0.05, 0.1) is 16.7 Å². The van der Waals surface area contributed by atoms with Crippen molar-refractivity contribution in [1.82, 2.24) is 19.9 Å². The fourth-order valence-corrected chi connectivity index (χ4v) is 2.31. The third-order valence-electron chi connectivity index (χ3n) is 3.26. The lowest BCUT2D eigenvalue weighted by molar-refractivity contribution is -0.140. The number of hydrogen-bond acceptors (Lipinski definition) is 6. The Kier molecular flexibility index (Phi) is 3.51. The van der Waals surface area contributed by atoms with Gasteiger partial charge in [-0.05, 0) is 12.1 Å². The topological polar surface area (TPSA) is 121 Å². The van der Waals surface area contributed by atoms with Crippen molar-refractivity contribution in [2.24, 2.45) is 5.73 Å². The lowest BCUT2D eigenvalue weighted by Gasteiger charge is -2.15. The van der Waals surface area contributed by atoms with E-state index in [0.717, 1.165) is 12.5 Å². The van der Waals surface area contributed by atoms with Crippen molar-refractivity contribution in [2.45, 2.75) is 6.18 Å². The van der Waals surface area contributed by atoms with Crippen LogP contribution in [0.2, 0.25) is 0 Å². The molecule has 3 aromatic rings. The number of rotatable bonds is 2. The number of amides is 1. The molecule has 10 heteroatoms. The summed E-state index contributed by atoms with van der Waals surface area (Å²) < 4.78 is 39.8. The minimum atomic E-state index is -4.75. The van der Waals surface area contributed by atoms with Gasteiger partial charge >= 0.3 is 6.18 Å². The third-order valence-corrected chi connectivity index (χ3v) is 3.26. The summed E-state index contributed by atoms with van der Waals surface area (Å²) in [4.78, 5) is 26.4. The van der Waals surface area contributed by atoms with E-state index in [1.54, 1.807) is 0 Å². The highest BCUT2D eigenvalue weighted by atomic mass is 19.4. The molecule has 0 saturated heterocycles. The Morgan fingerprint density at radius 1 is 1.21 bits per heavy atom. The summed E-state index contributed by atoms with van der Waals surface area (Å²) in [5.74, 6) is -0.968. The Morgan fingerprint density at radius 3 is 2.62 bits per heavy atom. The number of anilines is 1. The smallest absolute Gasteiger partial charge is 0.396 e. The summed E-state index contributed by atoms with van der Waals surface area (Å²) >= 11 is 0. The molecule has 0 radical (unpaired) electrons. The first-order chi connectivity index (χ1) is 11.3. The van der Waals surface area contributed by atoms with Gasteiger partial charge in [0.2, 0.25) is 0 Å². The van der Waals surface area contributed by atoms with Crippen molar-refractivity contribution >= 4 is 22.6 Å². The van der Waals surface area contributed by atoms with E-state index in [1.165, 1.54) is 18.3 Å². The minimum absolute atomic E-state index is 0.0836. The SMILES string of the molecule is NC(=O)c1nc2cccnc2c(-c2cncnc2C(F)(F)F)c1N. The molecule has 3 rings (SSSR count). The van der Waals surface area contributed by atoms with E-state index in [0.29, 0.717) is 0 Å². The van der Waals surface area contributed by atoms with Gasteiger partial charge in [0.15, 0.2) is 11.4 Å². The molecule has 0 atom stereocenters. The second-order valence-corrected chi connectivity index (χ2v) is 4.77. The van der Waals surface area contributed by atoms with Crippen LogP contribution in [0.25, 0.3) is 22.2 Å². The van der Waals surface area contributed by atoms with E-state index in [2.05, 4.69) is 19.9 Å². The summed E-state index contributed by atoms with van der Waals surface area (Å²) in [6, 6.07) is 3.00. The number of hydrogen-bond donors (Lipinski definition) is 2. The predicted octanol–water partition coefficient (Wildman–Crippen LogP) is 1.79. The van der Waals surface area contributed by atoms with Crippen LogP contribution in [-0.4, -0.2) is 25.8 Å². The van der Waals surface area contributed by atoms with Crippen LogP contribution < -0.4 is 11.5 Å². The monoisotopic (exact) mass is 334 g/mol. The van der Waals surface area contributed by atoms with Crippen molar-refractivity contribution in [3.05, 3.63) is 42.2 Å². The van der Waals surface area contributed by atoms with Crippen LogP contribution in [0.4, 0.5) is 18.9 Å². The molecule has 7 nitrogen and oxygen atoms in total. The minimum Gasteiger partial charge on any atom is -0.396 e. The number of nitrogen functional groups attached to an aromatic ring is 1. The molecule has 0 saturated carbocycles. The van der Waals surface area contributed by atoms with Crippen LogP contribution in [0.1, 0.15) is 16.2 Å². The quantitative estimate of drug-likeness (QED) is 0.737.